The molecule has 0 saturated carbocycles. The number of nitrogens with one attached hydrogen (secondary N) is 2. The molecule has 9 heteroatoms. The van der Waals surface area contributed by atoms with Crippen LogP contribution in [0.3, 0.4) is 0 Å². The molecule has 0 fully saturated rings. The van der Waals surface area contributed by atoms with Crippen LogP contribution < -0.4 is 10.6 Å². The van der Waals surface area contributed by atoms with Crippen molar-refractivity contribution in [2.24, 2.45) is 4.99 Å². The number of aromatic nitrogens is 2. The molecule has 1 heterocycles. The average Bonchev–Trinajstić information content (AvgIpc) is 3.18. The van der Waals surface area contributed by atoms with Crippen LogP contribution in [0, 0.1) is 0 Å². The molecule has 0 aliphatic heterocycles. The molecule has 166 valence electrons. The van der Waals surface area contributed by atoms with Gasteiger partial charge in [0.15, 0.2) is 11.8 Å². The lowest BCUT2D eigenvalue weighted by Gasteiger charge is -2.13. The SMILES string of the molecule is CN=C(NCCCc1nc(C(C)C)no1)NCCc1cccc(C(=O)N(C)C)c1.I. The number of carbonyl (C=O) groups excluding carboxylic acids is 1. The highest BCUT2D eigenvalue weighted by molar-refractivity contribution is 14.0. The van der Waals surface area contributed by atoms with E-state index in [-0.39, 0.29) is 35.8 Å². The van der Waals surface area contributed by atoms with Crippen LogP contribution in [0.4, 0.5) is 0 Å². The van der Waals surface area contributed by atoms with Gasteiger partial charge in [0.05, 0.1) is 0 Å². The minimum absolute atomic E-state index is 0. The summed E-state index contributed by atoms with van der Waals surface area (Å²) in [5, 5.41) is 10.6. The molecule has 0 aliphatic rings. The van der Waals surface area contributed by atoms with Crippen LogP contribution in [-0.2, 0) is 12.8 Å². The van der Waals surface area contributed by atoms with Gasteiger partial charge in [0.25, 0.3) is 5.91 Å². The van der Waals surface area contributed by atoms with E-state index in [0.29, 0.717) is 11.5 Å². The van der Waals surface area contributed by atoms with Crippen LogP contribution in [0.5, 0.6) is 0 Å². The quantitative estimate of drug-likeness (QED) is 0.225. The van der Waals surface area contributed by atoms with Crippen molar-refractivity contribution in [3.63, 3.8) is 0 Å². The lowest BCUT2D eigenvalue weighted by atomic mass is 10.1. The number of guanidine groups is 1. The molecule has 1 aromatic carbocycles. The van der Waals surface area contributed by atoms with Crippen molar-refractivity contribution >= 4 is 35.8 Å². The highest BCUT2D eigenvalue weighted by atomic mass is 127. The summed E-state index contributed by atoms with van der Waals surface area (Å²) >= 11 is 0. The molecule has 1 amide bonds. The highest BCUT2D eigenvalue weighted by Gasteiger charge is 2.10. The predicted octanol–water partition coefficient (Wildman–Crippen LogP) is 2.85. The molecule has 0 bridgehead atoms. The Kier molecular flexibility index (Phi) is 11.4. The summed E-state index contributed by atoms with van der Waals surface area (Å²) in [7, 11) is 5.26. The summed E-state index contributed by atoms with van der Waals surface area (Å²) < 4.78 is 5.25. The van der Waals surface area contributed by atoms with Crippen molar-refractivity contribution in [1.82, 2.24) is 25.7 Å². The Morgan fingerprint density at radius 3 is 2.57 bits per heavy atom. The third-order valence-electron chi connectivity index (χ3n) is 4.37. The summed E-state index contributed by atoms with van der Waals surface area (Å²) in [6, 6.07) is 7.73. The zero-order valence-electron chi connectivity index (χ0n) is 18.4. The van der Waals surface area contributed by atoms with Crippen molar-refractivity contribution in [1.29, 1.82) is 0 Å². The van der Waals surface area contributed by atoms with E-state index in [1.54, 1.807) is 26.0 Å². The Balaban J connectivity index is 0.00000450. The van der Waals surface area contributed by atoms with Gasteiger partial charge in [0.2, 0.25) is 5.89 Å². The van der Waals surface area contributed by atoms with Gasteiger partial charge in [-0.05, 0) is 30.5 Å². The first-order valence-corrected chi connectivity index (χ1v) is 9.98. The summed E-state index contributed by atoms with van der Waals surface area (Å²) in [6.07, 6.45) is 2.40. The minimum atomic E-state index is 0. The van der Waals surface area contributed by atoms with Crippen LogP contribution in [0.2, 0.25) is 0 Å². The molecular formula is C21H33IN6O2. The molecule has 2 rings (SSSR count). The molecule has 30 heavy (non-hydrogen) atoms. The number of nitrogens with zero attached hydrogens (tertiary/aromatic N) is 4. The van der Waals surface area contributed by atoms with Gasteiger partial charge in [0.1, 0.15) is 0 Å². The molecule has 2 N–H and O–H groups in total. The number of hydrogen-bond donors (Lipinski definition) is 2. The summed E-state index contributed by atoms with van der Waals surface area (Å²) in [6.45, 7) is 5.57. The van der Waals surface area contributed by atoms with Crippen LogP contribution in [0.1, 0.15) is 53.8 Å². The zero-order chi connectivity index (χ0) is 21.2. The molecular weight excluding hydrogens is 495 g/mol. The van der Waals surface area contributed by atoms with Crippen molar-refractivity contribution in [2.45, 2.75) is 39.0 Å². The largest absolute Gasteiger partial charge is 0.356 e. The average molecular weight is 528 g/mol. The van der Waals surface area contributed by atoms with E-state index >= 15 is 0 Å². The van der Waals surface area contributed by atoms with E-state index in [0.717, 1.165) is 49.7 Å². The van der Waals surface area contributed by atoms with Gasteiger partial charge in [-0.15, -0.1) is 24.0 Å². The molecule has 0 unspecified atom stereocenters. The lowest BCUT2D eigenvalue weighted by molar-refractivity contribution is 0.0827. The maximum Gasteiger partial charge on any atom is 0.253 e. The molecule has 0 radical (unpaired) electrons. The number of hydrogen-bond acceptors (Lipinski definition) is 5. The second kappa shape index (κ2) is 13.2. The highest BCUT2D eigenvalue weighted by Crippen LogP contribution is 2.10. The monoisotopic (exact) mass is 528 g/mol. The number of benzene rings is 1. The smallest absolute Gasteiger partial charge is 0.253 e. The van der Waals surface area contributed by atoms with Crippen molar-refractivity contribution < 1.29 is 9.32 Å². The third kappa shape index (κ3) is 8.29. The number of halogens is 1. The molecule has 0 aliphatic carbocycles. The van der Waals surface area contributed by atoms with E-state index in [1.165, 1.54) is 0 Å². The van der Waals surface area contributed by atoms with Crippen molar-refractivity contribution in [3.05, 3.63) is 47.1 Å². The van der Waals surface area contributed by atoms with E-state index in [4.69, 9.17) is 4.52 Å². The first-order chi connectivity index (χ1) is 13.9. The summed E-state index contributed by atoms with van der Waals surface area (Å²) in [4.78, 5) is 22.3. The number of carbonyl (C=O) groups is 1. The van der Waals surface area contributed by atoms with Gasteiger partial charge in [-0.3, -0.25) is 9.79 Å². The van der Waals surface area contributed by atoms with E-state index in [2.05, 4.69) is 25.8 Å². The first kappa shape index (κ1) is 25.9. The maximum atomic E-state index is 12.1. The second-order valence-corrected chi connectivity index (χ2v) is 7.38. The Morgan fingerprint density at radius 1 is 1.20 bits per heavy atom. The predicted molar refractivity (Wildman–Crippen MR) is 130 cm³/mol. The molecule has 2 aromatic rings. The van der Waals surface area contributed by atoms with Crippen LogP contribution in [0.15, 0.2) is 33.8 Å². The second-order valence-electron chi connectivity index (χ2n) is 7.38. The van der Waals surface area contributed by atoms with E-state index in [9.17, 15) is 4.79 Å². The van der Waals surface area contributed by atoms with E-state index in [1.807, 2.05) is 38.1 Å². The Morgan fingerprint density at radius 2 is 1.93 bits per heavy atom. The van der Waals surface area contributed by atoms with Gasteiger partial charge in [-0.2, -0.15) is 4.98 Å². The summed E-state index contributed by atoms with van der Waals surface area (Å²) in [5.41, 5.74) is 1.81. The topological polar surface area (TPSA) is 95.6 Å². The maximum absolute atomic E-state index is 12.1. The van der Waals surface area contributed by atoms with Gasteiger partial charge in [-0.1, -0.05) is 31.1 Å². The molecule has 1 aromatic heterocycles. The van der Waals surface area contributed by atoms with Gasteiger partial charge in [-0.25, -0.2) is 0 Å². The van der Waals surface area contributed by atoms with Gasteiger partial charge in [0, 0.05) is 52.1 Å². The lowest BCUT2D eigenvalue weighted by Crippen LogP contribution is -2.38. The van der Waals surface area contributed by atoms with E-state index < -0.39 is 0 Å². The fourth-order valence-corrected chi connectivity index (χ4v) is 2.71. The minimum Gasteiger partial charge on any atom is -0.356 e. The fraction of sp³-hybridized carbons (Fsp3) is 0.524. The molecule has 0 atom stereocenters. The Bertz CT molecular complexity index is 819. The number of aryl methyl sites for hydroxylation is 1. The van der Waals surface area contributed by atoms with Crippen molar-refractivity contribution in [3.8, 4) is 0 Å². The molecule has 0 spiro atoms. The van der Waals surface area contributed by atoms with Crippen LogP contribution in [0.25, 0.3) is 0 Å². The Hall–Kier alpha value is -2.17. The third-order valence-corrected chi connectivity index (χ3v) is 4.37. The van der Waals surface area contributed by atoms with Crippen molar-refractivity contribution in [2.75, 3.05) is 34.2 Å². The normalized spacial score (nSPS) is 11.2. The van der Waals surface area contributed by atoms with Crippen LogP contribution >= 0.6 is 24.0 Å². The fourth-order valence-electron chi connectivity index (χ4n) is 2.71. The zero-order valence-corrected chi connectivity index (χ0v) is 20.8. The number of aliphatic imine (C=N–C) groups is 1. The first-order valence-electron chi connectivity index (χ1n) is 9.98. The Labute approximate surface area is 195 Å². The van der Waals surface area contributed by atoms with Gasteiger partial charge >= 0.3 is 0 Å². The van der Waals surface area contributed by atoms with Crippen LogP contribution in [-0.4, -0.2) is 61.1 Å². The number of rotatable bonds is 9. The number of amides is 1. The molecule has 8 nitrogen and oxygen atoms in total. The summed E-state index contributed by atoms with van der Waals surface area (Å²) in [5.74, 6) is 2.46. The molecule has 0 saturated heterocycles. The van der Waals surface area contributed by atoms with Gasteiger partial charge < -0.3 is 20.1 Å². The standard InChI is InChI=1S/C21H32N6O2.HI/c1-15(2)19-25-18(29-26-19)10-7-12-23-21(22-3)24-13-11-16-8-6-9-17(14-16)20(28)27(4)5;/h6,8-9,14-15H,7,10-13H2,1-5H3,(H2,22,23,24);1H.